The van der Waals surface area contributed by atoms with E-state index in [4.69, 9.17) is 34.4 Å². The van der Waals surface area contributed by atoms with Gasteiger partial charge in [0.05, 0.1) is 0 Å². The Bertz CT molecular complexity index is 101. The molecule has 0 aliphatic rings. The zero-order chi connectivity index (χ0) is 8.99. The largest absolute Gasteiger partial charge is 1.00 e. The second kappa shape index (κ2) is 40.2. The van der Waals surface area contributed by atoms with Crippen molar-refractivity contribution in [2.75, 3.05) is 0 Å². The number of hydrogen-bond donors (Lipinski definition) is 3. The van der Waals surface area contributed by atoms with Crippen LogP contribution >= 0.6 is 0 Å². The van der Waals surface area contributed by atoms with Crippen molar-refractivity contribution in [3.05, 3.63) is 31.9 Å². The minimum atomic E-state index is -3.19. The molecule has 0 heterocycles. The molecule has 0 spiro atoms. The van der Waals surface area contributed by atoms with Crippen LogP contribution < -0.4 is 59.1 Å². The summed E-state index contributed by atoms with van der Waals surface area (Å²) in [5, 5.41) is 0. The third-order valence-corrected chi connectivity index (χ3v) is 0. The molecule has 0 aromatic carbocycles. The van der Waals surface area contributed by atoms with Crippen molar-refractivity contribution in [1.82, 2.24) is 0 Å². The van der Waals surface area contributed by atoms with Gasteiger partial charge in [-0.05, 0) is 0 Å². The van der Waals surface area contributed by atoms with Gasteiger partial charge >= 0.3 is 87.1 Å². The summed E-state index contributed by atoms with van der Waals surface area (Å²) in [4.78, 5) is 3.00. The monoisotopic (exact) mass is 256 g/mol. The molecule has 0 aromatic rings. The van der Waals surface area contributed by atoms with Gasteiger partial charge in [0.2, 0.25) is 0 Å². The zero-order valence-corrected chi connectivity index (χ0v) is 12.3. The topological polar surface area (TPSA) is 178 Å². The molecule has 9 nitrogen and oxygen atoms in total. The van der Waals surface area contributed by atoms with E-state index >= 15 is 0 Å². The van der Waals surface area contributed by atoms with Gasteiger partial charge in [-0.25, -0.2) is 0 Å². The van der Waals surface area contributed by atoms with Crippen molar-refractivity contribution in [3.63, 3.8) is 0 Å². The summed E-state index contributed by atoms with van der Waals surface area (Å²) in [6.45, 7) is 0. The summed E-state index contributed by atoms with van der Waals surface area (Å²) >= 11 is -3.19. The van der Waals surface area contributed by atoms with Crippen LogP contribution in [0.4, 0.5) is 0 Å². The molecule has 0 amide bonds. The fourth-order valence-electron chi connectivity index (χ4n) is 0. The molecule has 0 aliphatic heterocycles. The summed E-state index contributed by atoms with van der Waals surface area (Å²) in [5.74, 6) is 0. The van der Waals surface area contributed by atoms with Crippen LogP contribution in [0.5, 0.6) is 0 Å². The second-order valence-electron chi connectivity index (χ2n) is 0.447. The molecular weight excluding hydrogens is 253 g/mol. The normalized spacial score (nSPS) is 4.33. The molecule has 0 atom stereocenters. The van der Waals surface area contributed by atoms with Crippen LogP contribution in [-0.2, 0) is 0 Å². The molecule has 0 rings (SSSR count). The van der Waals surface area contributed by atoms with E-state index in [9.17, 15) is 0 Å². The second-order valence-corrected chi connectivity index (χ2v) is 1.57. The molecule has 0 aliphatic carbocycles. The third kappa shape index (κ3) is 999. The number of hydrogen-bond acceptors (Lipinski definition) is 3. The van der Waals surface area contributed by atoms with Crippen molar-refractivity contribution in [2.24, 2.45) is 0 Å². The summed E-state index contributed by atoms with van der Waals surface area (Å²) in [7, 11) is 0. The van der Waals surface area contributed by atoms with Crippen LogP contribution in [0.1, 0.15) is 0 Å². The van der Waals surface area contributed by atoms with Crippen LogP contribution in [0.2, 0.25) is 0 Å². The van der Waals surface area contributed by atoms with Crippen LogP contribution in [0, 0.1) is 0 Å². The summed E-state index contributed by atoms with van der Waals surface area (Å²) in [5.41, 5.74) is 27.0. The molecule has 0 saturated heterocycles. The molecule has 0 bridgehead atoms. The molecule has 0 aromatic heterocycles. The minimum Gasteiger partial charge on any atom is -0.373 e. The Balaban J connectivity index is -0.0000000191. The van der Waals surface area contributed by atoms with Crippen LogP contribution in [-0.4, -0.2) is 28.0 Å². The van der Waals surface area contributed by atoms with E-state index < -0.39 is 15.7 Å². The van der Waals surface area contributed by atoms with Gasteiger partial charge in [-0.1, -0.05) is 0 Å². The Kier molecular flexibility index (Phi) is 97.9. The van der Waals surface area contributed by atoms with Gasteiger partial charge in [-0.15, -0.1) is 0 Å². The van der Waals surface area contributed by atoms with Gasteiger partial charge < -0.3 is 22.1 Å². The maximum absolute atomic E-state index is 7.31. The van der Waals surface area contributed by atoms with E-state index in [1.165, 1.54) is 9.82 Å². The smallest absolute Gasteiger partial charge is 0.373 e. The fraction of sp³-hybridized carbons (Fsp3) is 0. The summed E-state index contributed by atoms with van der Waals surface area (Å²) in [6.07, 6.45) is 0. The average Bonchev–Trinajstić information content (AvgIpc) is 1.65. The van der Waals surface area contributed by atoms with Crippen molar-refractivity contribution in [3.8, 4) is 0 Å². The van der Waals surface area contributed by atoms with Gasteiger partial charge in [0.15, 0.2) is 0 Å². The molecule has 58 valence electrons. The molecule has 0 radical (unpaired) electrons. The molecule has 0 saturated carbocycles. The Hall–Kier alpha value is 1.06. The Labute approximate surface area is 118 Å². The molecule has 0 fully saturated rings. The standard InChI is InChI=1S/AsH3O3.2N3.2Na/c2-1(3)4;2*1-3-2;;/h2-4H;;;;/q;2*-1;2*+1. The van der Waals surface area contributed by atoms with Crippen molar-refractivity contribution in [2.45, 2.75) is 0 Å². The predicted octanol–water partition coefficient (Wildman–Crippen LogP) is -6.31. The van der Waals surface area contributed by atoms with Crippen LogP contribution in [0.15, 0.2) is 0 Å². The van der Waals surface area contributed by atoms with Gasteiger partial charge in [0.25, 0.3) is 0 Å². The number of nitrogens with zero attached hydrogens (tertiary/aromatic N) is 6. The quantitative estimate of drug-likeness (QED) is 0.169. The van der Waals surface area contributed by atoms with Crippen LogP contribution in [0.3, 0.4) is 0 Å². The van der Waals surface area contributed by atoms with E-state index in [0.29, 0.717) is 0 Å². The van der Waals surface area contributed by atoms with Gasteiger partial charge in [0, 0.05) is 0 Å². The third-order valence-electron chi connectivity index (χ3n) is 0. The Morgan fingerprint density at radius 2 is 0.750 bits per heavy atom. The summed E-state index contributed by atoms with van der Waals surface area (Å²) < 4.78 is 21.9. The predicted molar refractivity (Wildman–Crippen MR) is 32.6 cm³/mol. The first kappa shape index (κ1) is 29.2. The van der Waals surface area contributed by atoms with E-state index in [-0.39, 0.29) is 59.1 Å². The SMILES string of the molecule is O[As](O)O.[N-]=[N+]=[N-].[N-]=[N+]=[N-].[Na+].[Na+]. The van der Waals surface area contributed by atoms with Crippen molar-refractivity contribution in [1.29, 1.82) is 0 Å². The molecule has 3 N–H and O–H groups in total. The van der Waals surface area contributed by atoms with Crippen molar-refractivity contribution < 1.29 is 71.4 Å². The maximum atomic E-state index is 7.31. The summed E-state index contributed by atoms with van der Waals surface area (Å²) in [6, 6.07) is 0. The van der Waals surface area contributed by atoms with Crippen LogP contribution in [0.25, 0.3) is 31.9 Å². The Morgan fingerprint density at radius 1 is 0.750 bits per heavy atom. The van der Waals surface area contributed by atoms with E-state index in [1.807, 2.05) is 0 Å². The van der Waals surface area contributed by atoms with Crippen molar-refractivity contribution >= 4 is 15.7 Å². The first-order valence-corrected chi connectivity index (χ1v) is 3.92. The van der Waals surface area contributed by atoms with Gasteiger partial charge in [-0.2, -0.15) is 0 Å². The fourth-order valence-corrected chi connectivity index (χ4v) is 0. The average molecular weight is 256 g/mol. The molecular formula is H3AsN6Na2O3. The van der Waals surface area contributed by atoms with E-state index in [0.717, 1.165) is 0 Å². The van der Waals surface area contributed by atoms with E-state index in [2.05, 4.69) is 0 Å². The minimum absolute atomic E-state index is 0. The molecule has 12 heteroatoms. The molecule has 0 unspecified atom stereocenters. The molecule has 12 heavy (non-hydrogen) atoms. The zero-order valence-electron chi connectivity index (χ0n) is 6.47. The first-order chi connectivity index (χ1) is 4.56. The maximum Gasteiger partial charge on any atom is 1.00 e. The Morgan fingerprint density at radius 3 is 0.750 bits per heavy atom. The first-order valence-electron chi connectivity index (χ1n) is 1.40. The van der Waals surface area contributed by atoms with E-state index in [1.54, 1.807) is 0 Å². The van der Waals surface area contributed by atoms with Gasteiger partial charge in [0.1, 0.15) is 0 Å². The van der Waals surface area contributed by atoms with Gasteiger partial charge in [-0.3, -0.25) is 9.82 Å². The number of rotatable bonds is 0.